The Balaban J connectivity index is 2.17. The molecule has 3 aromatic rings. The van der Waals surface area contributed by atoms with E-state index in [4.69, 9.17) is 16.6 Å². The Labute approximate surface area is 109 Å². The zero-order valence-electron chi connectivity index (χ0n) is 10.0. The molecule has 0 aliphatic carbocycles. The van der Waals surface area contributed by atoms with E-state index in [-0.39, 0.29) is 0 Å². The number of fused-ring (bicyclic) bond motifs is 1. The first-order chi connectivity index (χ1) is 8.78. The van der Waals surface area contributed by atoms with Crippen molar-refractivity contribution in [2.45, 2.75) is 19.8 Å². The molecule has 0 atom stereocenters. The Bertz CT molecular complexity index is 724. The van der Waals surface area contributed by atoms with E-state index in [1.165, 1.54) is 0 Å². The van der Waals surface area contributed by atoms with E-state index in [1.54, 1.807) is 10.8 Å². The Morgan fingerprint density at radius 3 is 3.06 bits per heavy atom. The average Bonchev–Trinajstić information content (AvgIpc) is 2.97. The lowest BCUT2D eigenvalue weighted by Crippen LogP contribution is -1.96. The second-order valence-corrected chi connectivity index (χ2v) is 4.59. The van der Waals surface area contributed by atoms with E-state index in [0.29, 0.717) is 0 Å². The van der Waals surface area contributed by atoms with Gasteiger partial charge in [0.25, 0.3) is 0 Å². The minimum atomic E-state index is 0.737. The summed E-state index contributed by atoms with van der Waals surface area (Å²) in [4.78, 5) is 4.58. The van der Waals surface area contributed by atoms with Gasteiger partial charge in [0.1, 0.15) is 10.3 Å². The number of nitrogens with one attached hydrogen (secondary N) is 1. The lowest BCUT2D eigenvalue weighted by atomic mass is 10.2. The third-order valence-corrected chi connectivity index (χ3v) is 3.10. The standard InChI is InChI=1S/C13H13N3OS/c1-2-4-9-7-13(18)16-12(14-9)8-10(15-16)11-5-3-6-17-11/h3,5-8,15H,2,4H2,1H3. The van der Waals surface area contributed by atoms with Gasteiger partial charge in [-0.15, -0.1) is 0 Å². The van der Waals surface area contributed by atoms with Crippen molar-refractivity contribution < 1.29 is 4.42 Å². The van der Waals surface area contributed by atoms with Crippen molar-refractivity contribution in [2.75, 3.05) is 0 Å². The van der Waals surface area contributed by atoms with Gasteiger partial charge in [0.2, 0.25) is 0 Å². The fourth-order valence-electron chi connectivity index (χ4n) is 1.98. The molecule has 0 aliphatic heterocycles. The lowest BCUT2D eigenvalue weighted by molar-refractivity contribution is 0.579. The van der Waals surface area contributed by atoms with E-state index in [0.717, 1.165) is 40.3 Å². The molecule has 0 saturated carbocycles. The molecule has 3 aromatic heterocycles. The van der Waals surface area contributed by atoms with Gasteiger partial charge in [-0.05, 0) is 24.6 Å². The first kappa shape index (κ1) is 11.2. The number of aromatic nitrogens is 3. The Morgan fingerprint density at radius 2 is 2.33 bits per heavy atom. The first-order valence-corrected chi connectivity index (χ1v) is 6.34. The summed E-state index contributed by atoms with van der Waals surface area (Å²) in [5.41, 5.74) is 2.75. The predicted molar refractivity (Wildman–Crippen MR) is 72.1 cm³/mol. The van der Waals surface area contributed by atoms with Gasteiger partial charge in [-0.2, -0.15) is 0 Å². The first-order valence-electron chi connectivity index (χ1n) is 5.93. The molecule has 0 bridgehead atoms. The third kappa shape index (κ3) is 1.86. The Morgan fingerprint density at radius 1 is 1.44 bits per heavy atom. The second-order valence-electron chi connectivity index (χ2n) is 4.18. The van der Waals surface area contributed by atoms with Crippen LogP contribution in [-0.4, -0.2) is 14.6 Å². The van der Waals surface area contributed by atoms with Gasteiger partial charge in [0.15, 0.2) is 11.4 Å². The quantitative estimate of drug-likeness (QED) is 0.731. The van der Waals surface area contributed by atoms with Crippen LogP contribution in [0.3, 0.4) is 0 Å². The molecule has 0 radical (unpaired) electrons. The number of aryl methyl sites for hydroxylation is 1. The summed E-state index contributed by atoms with van der Waals surface area (Å²) >= 11 is 5.36. The summed E-state index contributed by atoms with van der Waals surface area (Å²) in [7, 11) is 0. The van der Waals surface area contributed by atoms with Crippen LogP contribution in [-0.2, 0) is 6.42 Å². The van der Waals surface area contributed by atoms with Crippen molar-refractivity contribution in [3.63, 3.8) is 0 Å². The molecule has 0 saturated heterocycles. The number of aromatic amines is 1. The van der Waals surface area contributed by atoms with E-state index in [9.17, 15) is 0 Å². The molecule has 0 aliphatic rings. The number of furan rings is 1. The zero-order chi connectivity index (χ0) is 12.5. The van der Waals surface area contributed by atoms with Crippen LogP contribution in [0.15, 0.2) is 34.9 Å². The van der Waals surface area contributed by atoms with Crippen molar-refractivity contribution in [3.8, 4) is 11.5 Å². The normalized spacial score (nSPS) is 11.2. The number of rotatable bonds is 3. The van der Waals surface area contributed by atoms with Crippen LogP contribution in [0.2, 0.25) is 0 Å². The predicted octanol–water partition coefficient (Wildman–Crippen LogP) is 3.60. The maximum Gasteiger partial charge on any atom is 0.155 e. The van der Waals surface area contributed by atoms with Gasteiger partial charge in [-0.3, -0.25) is 5.10 Å². The van der Waals surface area contributed by atoms with Crippen LogP contribution in [0.1, 0.15) is 19.0 Å². The molecule has 18 heavy (non-hydrogen) atoms. The monoisotopic (exact) mass is 259 g/mol. The Kier molecular flexibility index (Phi) is 2.76. The zero-order valence-corrected chi connectivity index (χ0v) is 10.8. The molecule has 0 spiro atoms. The van der Waals surface area contributed by atoms with Crippen molar-refractivity contribution in [1.29, 1.82) is 0 Å². The Hall–Kier alpha value is -1.88. The van der Waals surface area contributed by atoms with Crippen molar-refractivity contribution >= 4 is 17.9 Å². The van der Waals surface area contributed by atoms with Crippen LogP contribution in [0.5, 0.6) is 0 Å². The van der Waals surface area contributed by atoms with E-state index >= 15 is 0 Å². The molecule has 3 heterocycles. The van der Waals surface area contributed by atoms with Gasteiger partial charge in [-0.1, -0.05) is 25.6 Å². The summed E-state index contributed by atoms with van der Waals surface area (Å²) in [5, 5.41) is 3.19. The molecule has 1 N–H and O–H groups in total. The smallest absolute Gasteiger partial charge is 0.155 e. The summed E-state index contributed by atoms with van der Waals surface area (Å²) < 4.78 is 7.90. The van der Waals surface area contributed by atoms with Crippen LogP contribution < -0.4 is 0 Å². The van der Waals surface area contributed by atoms with Gasteiger partial charge in [0, 0.05) is 11.8 Å². The molecule has 0 amide bonds. The number of hydrogen-bond donors (Lipinski definition) is 1. The molecule has 0 aromatic carbocycles. The van der Waals surface area contributed by atoms with Gasteiger partial charge >= 0.3 is 0 Å². The molecular formula is C13H13N3OS. The second kappa shape index (κ2) is 4.42. The van der Waals surface area contributed by atoms with E-state index in [1.807, 2.05) is 24.3 Å². The van der Waals surface area contributed by atoms with Gasteiger partial charge in [-0.25, -0.2) is 9.50 Å². The van der Waals surface area contributed by atoms with Crippen LogP contribution in [0, 0.1) is 4.64 Å². The summed E-state index contributed by atoms with van der Waals surface area (Å²) in [6.07, 6.45) is 3.66. The third-order valence-electron chi connectivity index (χ3n) is 2.80. The molecule has 3 rings (SSSR count). The topological polar surface area (TPSA) is 46.2 Å². The van der Waals surface area contributed by atoms with Crippen LogP contribution >= 0.6 is 12.2 Å². The fourth-order valence-corrected chi connectivity index (χ4v) is 2.26. The van der Waals surface area contributed by atoms with Crippen molar-refractivity contribution in [1.82, 2.24) is 14.6 Å². The minimum absolute atomic E-state index is 0.737. The number of nitrogens with zero attached hydrogens (tertiary/aromatic N) is 2. The largest absolute Gasteiger partial charge is 0.463 e. The molecular weight excluding hydrogens is 246 g/mol. The van der Waals surface area contributed by atoms with Gasteiger partial charge in [0.05, 0.1) is 6.26 Å². The van der Waals surface area contributed by atoms with Gasteiger partial charge < -0.3 is 4.42 Å². The maximum absolute atomic E-state index is 5.36. The summed E-state index contributed by atoms with van der Waals surface area (Å²) in [5.74, 6) is 0.784. The highest BCUT2D eigenvalue weighted by Crippen LogP contribution is 2.19. The van der Waals surface area contributed by atoms with Crippen LogP contribution in [0.25, 0.3) is 17.1 Å². The van der Waals surface area contributed by atoms with E-state index in [2.05, 4.69) is 17.0 Å². The van der Waals surface area contributed by atoms with Crippen LogP contribution in [0.4, 0.5) is 0 Å². The SMILES string of the molecule is CCCc1cc(=S)n2[nH]c(-c3ccco3)cc2n1. The fraction of sp³-hybridized carbons (Fsp3) is 0.231. The molecule has 0 fully saturated rings. The average molecular weight is 259 g/mol. The maximum atomic E-state index is 5.36. The van der Waals surface area contributed by atoms with Crippen molar-refractivity contribution in [2.24, 2.45) is 0 Å². The molecule has 0 unspecified atom stereocenters. The highest BCUT2D eigenvalue weighted by molar-refractivity contribution is 7.71. The molecule has 5 heteroatoms. The number of H-pyrrole nitrogens is 1. The summed E-state index contributed by atoms with van der Waals surface area (Å²) in [6, 6.07) is 7.65. The highest BCUT2D eigenvalue weighted by atomic mass is 32.1. The molecule has 92 valence electrons. The highest BCUT2D eigenvalue weighted by Gasteiger charge is 2.07. The molecule has 4 nitrogen and oxygen atoms in total. The summed E-state index contributed by atoms with van der Waals surface area (Å²) in [6.45, 7) is 2.13. The lowest BCUT2D eigenvalue weighted by Gasteiger charge is -1.99. The number of hydrogen-bond acceptors (Lipinski definition) is 3. The minimum Gasteiger partial charge on any atom is -0.463 e. The van der Waals surface area contributed by atoms with Crippen molar-refractivity contribution in [3.05, 3.63) is 40.9 Å². The van der Waals surface area contributed by atoms with E-state index < -0.39 is 0 Å².